The van der Waals surface area contributed by atoms with Crippen molar-refractivity contribution in [3.05, 3.63) is 42.0 Å². The Labute approximate surface area is 180 Å². The number of anilines is 3. The van der Waals surface area contributed by atoms with Gasteiger partial charge in [-0.2, -0.15) is 4.39 Å². The van der Waals surface area contributed by atoms with E-state index in [1.807, 2.05) is 18.2 Å². The SMILES string of the molecule is Cc1nc(NNC(=O)[C@@H](CC2CCCC2)CN(O)C=O)c(F)c(Nc2ccccc2)n1. The number of carbonyl (C=O) groups excluding carboxylic acids is 2. The van der Waals surface area contributed by atoms with Crippen LogP contribution in [0.5, 0.6) is 0 Å². The molecular weight excluding hydrogens is 403 g/mol. The lowest BCUT2D eigenvalue weighted by molar-refractivity contribution is -0.154. The minimum atomic E-state index is -0.751. The van der Waals surface area contributed by atoms with E-state index in [1.54, 1.807) is 19.1 Å². The van der Waals surface area contributed by atoms with Crippen molar-refractivity contribution in [3.63, 3.8) is 0 Å². The van der Waals surface area contributed by atoms with Gasteiger partial charge in [0.15, 0.2) is 11.6 Å². The predicted molar refractivity (Wildman–Crippen MR) is 113 cm³/mol. The summed E-state index contributed by atoms with van der Waals surface area (Å²) >= 11 is 0. The Morgan fingerprint density at radius 1 is 1.26 bits per heavy atom. The van der Waals surface area contributed by atoms with Gasteiger partial charge >= 0.3 is 0 Å². The standard InChI is InChI=1S/C21H27FN6O3/c1-14-23-19(25-17-9-3-2-4-10-17)18(22)20(24-14)26-27-21(30)16(12-28(31)13-29)11-15-7-5-6-8-15/h2-4,9-10,13,15-16,31H,5-8,11-12H2,1H3,(H,27,30)(H2,23,24,25,26)/t16-/m0/s1. The van der Waals surface area contributed by atoms with Gasteiger partial charge < -0.3 is 5.32 Å². The Morgan fingerprint density at radius 2 is 1.94 bits per heavy atom. The van der Waals surface area contributed by atoms with Crippen LogP contribution in [0.15, 0.2) is 30.3 Å². The van der Waals surface area contributed by atoms with Crippen LogP contribution in [0.4, 0.5) is 21.7 Å². The van der Waals surface area contributed by atoms with Gasteiger partial charge in [-0.25, -0.2) is 15.0 Å². The van der Waals surface area contributed by atoms with Gasteiger partial charge in [0.2, 0.25) is 18.1 Å². The molecule has 1 aliphatic carbocycles. The van der Waals surface area contributed by atoms with Crippen LogP contribution in [-0.2, 0) is 9.59 Å². The second-order valence-corrected chi connectivity index (χ2v) is 7.70. The van der Waals surface area contributed by atoms with Crippen molar-refractivity contribution < 1.29 is 19.2 Å². The molecule has 0 spiro atoms. The van der Waals surface area contributed by atoms with Crippen LogP contribution in [0.25, 0.3) is 0 Å². The molecule has 0 radical (unpaired) electrons. The molecule has 0 aliphatic heterocycles. The largest absolute Gasteiger partial charge is 0.338 e. The Kier molecular flexibility index (Phi) is 7.71. The molecule has 1 aromatic carbocycles. The maximum atomic E-state index is 14.9. The minimum absolute atomic E-state index is 0.0274. The molecule has 1 heterocycles. The highest BCUT2D eigenvalue weighted by Crippen LogP contribution is 2.30. The lowest BCUT2D eigenvalue weighted by Crippen LogP contribution is -2.41. The number of nitrogens with one attached hydrogen (secondary N) is 3. The third-order valence-corrected chi connectivity index (χ3v) is 5.30. The van der Waals surface area contributed by atoms with E-state index in [0.29, 0.717) is 28.9 Å². The second kappa shape index (κ2) is 10.7. The van der Waals surface area contributed by atoms with Crippen molar-refractivity contribution in [2.75, 3.05) is 17.3 Å². The number of hydroxylamine groups is 2. The number of para-hydroxylation sites is 1. The summed E-state index contributed by atoms with van der Waals surface area (Å²) < 4.78 is 14.9. The predicted octanol–water partition coefficient (Wildman–Crippen LogP) is 3.15. The summed E-state index contributed by atoms with van der Waals surface area (Å²) in [4.78, 5) is 31.6. The first kappa shape index (κ1) is 22.4. The zero-order chi connectivity index (χ0) is 22.2. The number of hydrogen-bond acceptors (Lipinski definition) is 7. The van der Waals surface area contributed by atoms with Gasteiger partial charge in [0.25, 0.3) is 0 Å². The van der Waals surface area contributed by atoms with Crippen molar-refractivity contribution in [2.45, 2.75) is 39.0 Å². The number of nitrogens with zero attached hydrogens (tertiary/aromatic N) is 3. The third-order valence-electron chi connectivity index (χ3n) is 5.30. The van der Waals surface area contributed by atoms with Crippen LogP contribution in [0, 0.1) is 24.6 Å². The van der Waals surface area contributed by atoms with Crippen LogP contribution in [0.3, 0.4) is 0 Å². The Balaban J connectivity index is 1.68. The van der Waals surface area contributed by atoms with E-state index in [9.17, 15) is 19.2 Å². The van der Waals surface area contributed by atoms with Gasteiger partial charge in [-0.3, -0.25) is 25.6 Å². The number of aromatic nitrogens is 2. The first-order valence-electron chi connectivity index (χ1n) is 10.3. The van der Waals surface area contributed by atoms with Crippen LogP contribution in [-0.4, -0.2) is 39.1 Å². The van der Waals surface area contributed by atoms with E-state index in [-0.39, 0.29) is 24.6 Å². The quantitative estimate of drug-likeness (QED) is 0.260. The molecule has 1 atom stereocenters. The Morgan fingerprint density at radius 3 is 2.61 bits per heavy atom. The molecule has 1 aliphatic rings. The molecule has 166 valence electrons. The van der Waals surface area contributed by atoms with Gasteiger partial charge in [0.05, 0.1) is 12.5 Å². The molecule has 0 unspecified atom stereocenters. The van der Waals surface area contributed by atoms with E-state index in [1.165, 1.54) is 0 Å². The summed E-state index contributed by atoms with van der Waals surface area (Å²) in [6, 6.07) is 9.00. The highest BCUT2D eigenvalue weighted by atomic mass is 19.1. The van der Waals surface area contributed by atoms with Crippen molar-refractivity contribution >= 4 is 29.6 Å². The molecule has 2 aromatic rings. The van der Waals surface area contributed by atoms with Crippen molar-refractivity contribution in [2.24, 2.45) is 11.8 Å². The molecule has 1 saturated carbocycles. The van der Waals surface area contributed by atoms with Crippen LogP contribution < -0.4 is 16.2 Å². The monoisotopic (exact) mass is 430 g/mol. The minimum Gasteiger partial charge on any atom is -0.338 e. The molecule has 1 fully saturated rings. The average Bonchev–Trinajstić information content (AvgIpc) is 3.28. The smallest absolute Gasteiger partial charge is 0.243 e. The number of aryl methyl sites for hydroxylation is 1. The normalized spacial score (nSPS) is 14.7. The number of rotatable bonds is 10. The summed E-state index contributed by atoms with van der Waals surface area (Å²) in [6.45, 7) is 1.47. The summed E-state index contributed by atoms with van der Waals surface area (Å²) in [5.41, 5.74) is 5.64. The van der Waals surface area contributed by atoms with Gasteiger partial charge in [-0.15, -0.1) is 0 Å². The van der Waals surface area contributed by atoms with Crippen LogP contribution >= 0.6 is 0 Å². The van der Waals surface area contributed by atoms with E-state index < -0.39 is 17.6 Å². The van der Waals surface area contributed by atoms with E-state index in [4.69, 9.17) is 0 Å². The van der Waals surface area contributed by atoms with E-state index in [2.05, 4.69) is 26.1 Å². The number of benzene rings is 1. The topological polar surface area (TPSA) is 119 Å². The average molecular weight is 430 g/mol. The van der Waals surface area contributed by atoms with Crippen molar-refractivity contribution in [1.82, 2.24) is 20.5 Å². The third kappa shape index (κ3) is 6.35. The van der Waals surface area contributed by atoms with Gasteiger partial charge in [0, 0.05) is 5.69 Å². The number of halogens is 1. The lowest BCUT2D eigenvalue weighted by atomic mass is 9.92. The molecule has 0 bridgehead atoms. The fourth-order valence-corrected chi connectivity index (χ4v) is 3.79. The maximum Gasteiger partial charge on any atom is 0.243 e. The molecule has 0 saturated heterocycles. The summed E-state index contributed by atoms with van der Waals surface area (Å²) in [5, 5.41) is 12.9. The van der Waals surface area contributed by atoms with Gasteiger partial charge in [0.1, 0.15) is 5.82 Å². The molecule has 2 amide bonds. The van der Waals surface area contributed by atoms with Crippen LogP contribution in [0.1, 0.15) is 37.9 Å². The number of hydrazine groups is 1. The Hall–Kier alpha value is -3.27. The number of carbonyl (C=O) groups is 2. The summed E-state index contributed by atoms with van der Waals surface area (Å²) in [7, 11) is 0. The number of amides is 2. The van der Waals surface area contributed by atoms with Crippen molar-refractivity contribution in [1.29, 1.82) is 0 Å². The zero-order valence-electron chi connectivity index (χ0n) is 17.3. The molecule has 1 aromatic heterocycles. The summed E-state index contributed by atoms with van der Waals surface area (Å²) in [6.07, 6.45) is 5.03. The van der Waals surface area contributed by atoms with Crippen LogP contribution in [0.2, 0.25) is 0 Å². The van der Waals surface area contributed by atoms with E-state index >= 15 is 0 Å². The fourth-order valence-electron chi connectivity index (χ4n) is 3.79. The Bertz CT molecular complexity index is 892. The fraction of sp³-hybridized carbons (Fsp3) is 0.429. The molecule has 9 nitrogen and oxygen atoms in total. The second-order valence-electron chi connectivity index (χ2n) is 7.70. The van der Waals surface area contributed by atoms with Gasteiger partial charge in [-0.05, 0) is 31.4 Å². The molecule has 4 N–H and O–H groups in total. The zero-order valence-corrected chi connectivity index (χ0v) is 17.3. The molecule has 10 heteroatoms. The van der Waals surface area contributed by atoms with E-state index in [0.717, 1.165) is 25.7 Å². The molecule has 3 rings (SSSR count). The first-order valence-corrected chi connectivity index (χ1v) is 10.3. The maximum absolute atomic E-state index is 14.9. The highest BCUT2D eigenvalue weighted by molar-refractivity contribution is 5.80. The molecule has 31 heavy (non-hydrogen) atoms. The van der Waals surface area contributed by atoms with Gasteiger partial charge in [-0.1, -0.05) is 43.9 Å². The summed E-state index contributed by atoms with van der Waals surface area (Å²) in [5.74, 6) is -1.40. The highest BCUT2D eigenvalue weighted by Gasteiger charge is 2.27. The lowest BCUT2D eigenvalue weighted by Gasteiger charge is -2.22. The van der Waals surface area contributed by atoms with Crippen molar-refractivity contribution in [3.8, 4) is 0 Å². The first-order chi connectivity index (χ1) is 15.0. The number of hydrogen-bond donors (Lipinski definition) is 4. The molecular formula is C21H27FN6O3.